The second-order valence-corrected chi connectivity index (χ2v) is 6.20. The Balaban J connectivity index is 2.87. The third-order valence-electron chi connectivity index (χ3n) is 3.69. The number of hydrogen-bond acceptors (Lipinski definition) is 3. The molecule has 0 bridgehead atoms. The Bertz CT molecular complexity index is 385. The monoisotopic (exact) mass is 344 g/mol. The van der Waals surface area contributed by atoms with Crippen LogP contribution in [-0.4, -0.2) is 40.9 Å². The predicted molar refractivity (Wildman–Crippen MR) is 89.1 cm³/mol. The van der Waals surface area contributed by atoms with Gasteiger partial charge in [-0.3, -0.25) is 4.68 Å². The minimum absolute atomic E-state index is 0.347. The van der Waals surface area contributed by atoms with Crippen LogP contribution < -0.4 is 5.32 Å². The lowest BCUT2D eigenvalue weighted by molar-refractivity contribution is 0.278. The van der Waals surface area contributed by atoms with Crippen LogP contribution in [0.15, 0.2) is 10.7 Å². The maximum absolute atomic E-state index is 4.50. The lowest BCUT2D eigenvalue weighted by atomic mass is 10.1. The zero-order valence-electron chi connectivity index (χ0n) is 13.5. The molecule has 0 radical (unpaired) electrons. The first-order valence-electron chi connectivity index (χ1n) is 7.73. The molecule has 1 N–H and O–H groups in total. The third kappa shape index (κ3) is 4.57. The van der Waals surface area contributed by atoms with Crippen LogP contribution in [0.25, 0.3) is 0 Å². The molecule has 1 rings (SSSR count). The summed E-state index contributed by atoms with van der Waals surface area (Å²) in [7, 11) is 0. The smallest absolute Gasteiger partial charge is 0.0699 e. The lowest BCUT2D eigenvalue weighted by Gasteiger charge is -2.25. The molecule has 1 unspecified atom stereocenters. The second kappa shape index (κ2) is 8.80. The Hall–Kier alpha value is -0.390. The maximum Gasteiger partial charge on any atom is 0.0699 e. The van der Waals surface area contributed by atoms with E-state index >= 15 is 0 Å². The SMILES string of the molecule is CCNC(CCN(CC)CC)c1c(Br)cnn1C(C)C. The summed E-state index contributed by atoms with van der Waals surface area (Å²) in [4.78, 5) is 2.47. The molecule has 0 aromatic carbocycles. The van der Waals surface area contributed by atoms with Gasteiger partial charge in [0, 0.05) is 6.04 Å². The van der Waals surface area contributed by atoms with Crippen LogP contribution in [0.5, 0.6) is 0 Å². The highest BCUT2D eigenvalue weighted by Crippen LogP contribution is 2.28. The van der Waals surface area contributed by atoms with Crippen LogP contribution in [0.1, 0.15) is 58.8 Å². The van der Waals surface area contributed by atoms with Crippen molar-refractivity contribution in [2.45, 2.75) is 53.1 Å². The Kier molecular flexibility index (Phi) is 7.77. The highest BCUT2D eigenvalue weighted by molar-refractivity contribution is 9.10. The molecule has 0 saturated carbocycles. The summed E-state index contributed by atoms with van der Waals surface area (Å²) in [5.41, 5.74) is 1.27. The Morgan fingerprint density at radius 1 is 1.30 bits per heavy atom. The minimum Gasteiger partial charge on any atom is -0.309 e. The van der Waals surface area contributed by atoms with Gasteiger partial charge in [-0.25, -0.2) is 0 Å². The van der Waals surface area contributed by atoms with E-state index in [-0.39, 0.29) is 0 Å². The molecule has 1 aromatic heterocycles. The molecule has 20 heavy (non-hydrogen) atoms. The van der Waals surface area contributed by atoms with Gasteiger partial charge in [-0.15, -0.1) is 0 Å². The fourth-order valence-electron chi connectivity index (χ4n) is 2.52. The molecule has 4 nitrogen and oxygen atoms in total. The minimum atomic E-state index is 0.347. The standard InChI is InChI=1S/C15H29BrN4/c1-6-17-14(9-10-19(7-2)8-3)15-13(16)11-18-20(15)12(4)5/h11-12,14,17H,6-10H2,1-5H3. The maximum atomic E-state index is 4.50. The summed E-state index contributed by atoms with van der Waals surface area (Å²) in [5.74, 6) is 0. The van der Waals surface area contributed by atoms with Crippen molar-refractivity contribution in [2.24, 2.45) is 0 Å². The van der Waals surface area contributed by atoms with Crippen LogP contribution in [0.2, 0.25) is 0 Å². The number of halogens is 1. The number of hydrogen-bond donors (Lipinski definition) is 1. The summed E-state index contributed by atoms with van der Waals surface area (Å²) < 4.78 is 3.23. The fourth-order valence-corrected chi connectivity index (χ4v) is 3.07. The molecule has 0 aliphatic carbocycles. The lowest BCUT2D eigenvalue weighted by Crippen LogP contribution is -2.31. The third-order valence-corrected chi connectivity index (χ3v) is 4.30. The van der Waals surface area contributed by atoms with Gasteiger partial charge in [0.15, 0.2) is 0 Å². The van der Waals surface area contributed by atoms with Crippen molar-refractivity contribution in [3.63, 3.8) is 0 Å². The number of rotatable bonds is 9. The van der Waals surface area contributed by atoms with Gasteiger partial charge in [0.1, 0.15) is 0 Å². The largest absolute Gasteiger partial charge is 0.309 e. The molecule has 1 aromatic rings. The first kappa shape index (κ1) is 17.7. The number of nitrogens with zero attached hydrogens (tertiary/aromatic N) is 3. The molecular weight excluding hydrogens is 316 g/mol. The quantitative estimate of drug-likeness (QED) is 0.742. The molecule has 1 atom stereocenters. The highest BCUT2D eigenvalue weighted by atomic mass is 79.9. The normalized spacial score (nSPS) is 13.4. The Morgan fingerprint density at radius 3 is 2.45 bits per heavy atom. The van der Waals surface area contributed by atoms with Gasteiger partial charge in [-0.05, 0) is 62.4 Å². The fraction of sp³-hybridized carbons (Fsp3) is 0.800. The molecule has 0 aliphatic rings. The van der Waals surface area contributed by atoms with Crippen molar-refractivity contribution < 1.29 is 0 Å². The molecule has 0 saturated heterocycles. The van der Waals surface area contributed by atoms with E-state index in [0.29, 0.717) is 12.1 Å². The molecular formula is C15H29BrN4. The predicted octanol–water partition coefficient (Wildman–Crippen LogP) is 3.61. The van der Waals surface area contributed by atoms with Gasteiger partial charge >= 0.3 is 0 Å². The van der Waals surface area contributed by atoms with E-state index in [0.717, 1.165) is 37.1 Å². The summed E-state index contributed by atoms with van der Waals surface area (Å²) in [5, 5.41) is 8.11. The molecule has 0 amide bonds. The van der Waals surface area contributed by atoms with Gasteiger partial charge in [0.2, 0.25) is 0 Å². The number of aromatic nitrogens is 2. The van der Waals surface area contributed by atoms with Gasteiger partial charge in [0.25, 0.3) is 0 Å². The zero-order valence-corrected chi connectivity index (χ0v) is 15.1. The van der Waals surface area contributed by atoms with E-state index < -0.39 is 0 Å². The molecule has 5 heteroatoms. The summed E-state index contributed by atoms with van der Waals surface area (Å²) >= 11 is 3.66. The Labute approximate surface area is 132 Å². The van der Waals surface area contributed by atoms with Crippen LogP contribution in [0.4, 0.5) is 0 Å². The first-order chi connectivity index (χ1) is 9.54. The van der Waals surface area contributed by atoms with Crippen LogP contribution in [0.3, 0.4) is 0 Å². The number of nitrogens with one attached hydrogen (secondary N) is 1. The van der Waals surface area contributed by atoms with E-state index in [4.69, 9.17) is 0 Å². The Morgan fingerprint density at radius 2 is 1.95 bits per heavy atom. The first-order valence-corrected chi connectivity index (χ1v) is 8.52. The summed E-state index contributed by atoms with van der Waals surface area (Å²) in [6.45, 7) is 15.3. The van der Waals surface area contributed by atoms with Crippen LogP contribution >= 0.6 is 15.9 Å². The van der Waals surface area contributed by atoms with Crippen molar-refractivity contribution in [3.8, 4) is 0 Å². The molecule has 0 fully saturated rings. The van der Waals surface area contributed by atoms with E-state index in [2.05, 4.69) is 70.5 Å². The van der Waals surface area contributed by atoms with E-state index in [1.54, 1.807) is 0 Å². The molecule has 116 valence electrons. The summed E-state index contributed by atoms with van der Waals surface area (Å²) in [6, 6.07) is 0.728. The van der Waals surface area contributed by atoms with Crippen molar-refractivity contribution in [1.29, 1.82) is 0 Å². The van der Waals surface area contributed by atoms with Crippen molar-refractivity contribution in [2.75, 3.05) is 26.2 Å². The van der Waals surface area contributed by atoms with Gasteiger partial charge < -0.3 is 10.2 Å². The van der Waals surface area contributed by atoms with Crippen molar-refractivity contribution >= 4 is 15.9 Å². The topological polar surface area (TPSA) is 33.1 Å². The van der Waals surface area contributed by atoms with E-state index in [9.17, 15) is 0 Å². The average molecular weight is 345 g/mol. The van der Waals surface area contributed by atoms with Crippen molar-refractivity contribution in [1.82, 2.24) is 20.0 Å². The van der Waals surface area contributed by atoms with Gasteiger partial charge in [-0.2, -0.15) is 5.10 Å². The van der Waals surface area contributed by atoms with Gasteiger partial charge in [0.05, 0.1) is 22.4 Å². The highest BCUT2D eigenvalue weighted by Gasteiger charge is 2.21. The molecule has 0 spiro atoms. The van der Waals surface area contributed by atoms with Gasteiger partial charge in [-0.1, -0.05) is 20.8 Å². The van der Waals surface area contributed by atoms with Crippen molar-refractivity contribution in [3.05, 3.63) is 16.4 Å². The van der Waals surface area contributed by atoms with Crippen LogP contribution in [0, 0.1) is 0 Å². The van der Waals surface area contributed by atoms with E-state index in [1.165, 1.54) is 5.69 Å². The summed E-state index contributed by atoms with van der Waals surface area (Å²) in [6.07, 6.45) is 3.02. The molecule has 1 heterocycles. The second-order valence-electron chi connectivity index (χ2n) is 5.34. The zero-order chi connectivity index (χ0) is 15.1. The average Bonchev–Trinajstić information content (AvgIpc) is 2.80. The van der Waals surface area contributed by atoms with Crippen LogP contribution in [-0.2, 0) is 0 Å². The van der Waals surface area contributed by atoms with E-state index in [1.807, 2.05) is 6.20 Å². The molecule has 0 aliphatic heterocycles.